The maximum absolute atomic E-state index is 9.47. The molecule has 0 amide bonds. The van der Waals surface area contributed by atoms with Crippen LogP contribution in [-0.2, 0) is 4.74 Å². The van der Waals surface area contributed by atoms with Crippen LogP contribution in [0.3, 0.4) is 0 Å². The van der Waals surface area contributed by atoms with E-state index in [1.165, 1.54) is 19.3 Å². The second-order valence-electron chi connectivity index (χ2n) is 4.83. The summed E-state index contributed by atoms with van der Waals surface area (Å²) in [4.78, 5) is 0. The van der Waals surface area contributed by atoms with Gasteiger partial charge < -0.3 is 15.2 Å². The SMILES string of the molecule is CC(C)(O)CNCCC1CCOCC1. The minimum absolute atomic E-state index is 0.588. The fourth-order valence-corrected chi connectivity index (χ4v) is 1.74. The molecule has 0 aromatic heterocycles. The van der Waals surface area contributed by atoms with Gasteiger partial charge in [-0.15, -0.1) is 0 Å². The van der Waals surface area contributed by atoms with Crippen LogP contribution in [0.1, 0.15) is 33.1 Å². The third kappa shape index (κ3) is 5.58. The zero-order valence-corrected chi connectivity index (χ0v) is 9.38. The molecule has 0 atom stereocenters. The van der Waals surface area contributed by atoms with Crippen LogP contribution in [0, 0.1) is 5.92 Å². The highest BCUT2D eigenvalue weighted by Crippen LogP contribution is 2.17. The highest BCUT2D eigenvalue weighted by molar-refractivity contribution is 4.70. The summed E-state index contributed by atoms with van der Waals surface area (Å²) in [6.07, 6.45) is 3.60. The summed E-state index contributed by atoms with van der Waals surface area (Å²) in [5, 5.41) is 12.8. The van der Waals surface area contributed by atoms with Crippen molar-refractivity contribution in [3.8, 4) is 0 Å². The summed E-state index contributed by atoms with van der Waals surface area (Å²) in [5.41, 5.74) is -0.588. The van der Waals surface area contributed by atoms with Crippen molar-refractivity contribution >= 4 is 0 Å². The lowest BCUT2D eigenvalue weighted by molar-refractivity contribution is 0.0608. The fourth-order valence-electron chi connectivity index (χ4n) is 1.74. The Kier molecular flexibility index (Phi) is 4.85. The first-order chi connectivity index (χ1) is 6.58. The highest BCUT2D eigenvalue weighted by atomic mass is 16.5. The Morgan fingerprint density at radius 3 is 2.57 bits per heavy atom. The van der Waals surface area contributed by atoms with E-state index in [1.54, 1.807) is 0 Å². The van der Waals surface area contributed by atoms with Gasteiger partial charge in [0.05, 0.1) is 5.60 Å². The molecule has 1 rings (SSSR count). The van der Waals surface area contributed by atoms with Crippen molar-refractivity contribution in [1.29, 1.82) is 0 Å². The van der Waals surface area contributed by atoms with Crippen LogP contribution in [0.5, 0.6) is 0 Å². The molecule has 84 valence electrons. The molecule has 3 nitrogen and oxygen atoms in total. The lowest BCUT2D eigenvalue weighted by atomic mass is 9.96. The van der Waals surface area contributed by atoms with Gasteiger partial charge in [0.25, 0.3) is 0 Å². The molecule has 1 saturated heterocycles. The zero-order chi connectivity index (χ0) is 10.4. The molecule has 1 heterocycles. The summed E-state index contributed by atoms with van der Waals surface area (Å²) in [6.45, 7) is 7.19. The van der Waals surface area contributed by atoms with Crippen LogP contribution in [-0.4, -0.2) is 37.0 Å². The summed E-state index contributed by atoms with van der Waals surface area (Å²) < 4.78 is 5.30. The average molecular weight is 201 g/mol. The summed E-state index contributed by atoms with van der Waals surface area (Å²) >= 11 is 0. The third-order valence-electron chi connectivity index (χ3n) is 2.63. The second-order valence-corrected chi connectivity index (χ2v) is 4.83. The Labute approximate surface area is 86.8 Å². The summed E-state index contributed by atoms with van der Waals surface area (Å²) in [7, 11) is 0. The predicted octanol–water partition coefficient (Wildman–Crippen LogP) is 1.16. The molecular formula is C11H23NO2. The molecule has 0 aromatic carbocycles. The summed E-state index contributed by atoms with van der Waals surface area (Å²) in [6, 6.07) is 0. The maximum Gasteiger partial charge on any atom is 0.0715 e. The number of nitrogens with one attached hydrogen (secondary N) is 1. The first-order valence-corrected chi connectivity index (χ1v) is 5.59. The standard InChI is InChI=1S/C11H23NO2/c1-11(2,13)9-12-6-3-10-4-7-14-8-5-10/h10,12-13H,3-9H2,1-2H3. The minimum Gasteiger partial charge on any atom is -0.389 e. The van der Waals surface area contributed by atoms with E-state index in [1.807, 2.05) is 13.8 Å². The van der Waals surface area contributed by atoms with Gasteiger partial charge in [-0.3, -0.25) is 0 Å². The van der Waals surface area contributed by atoms with Crippen LogP contribution in [0.4, 0.5) is 0 Å². The molecule has 1 aliphatic heterocycles. The molecule has 1 fully saturated rings. The van der Waals surface area contributed by atoms with Crippen molar-refractivity contribution in [3.05, 3.63) is 0 Å². The van der Waals surface area contributed by atoms with Crippen molar-refractivity contribution in [2.75, 3.05) is 26.3 Å². The number of hydrogen-bond acceptors (Lipinski definition) is 3. The zero-order valence-electron chi connectivity index (χ0n) is 9.38. The molecular weight excluding hydrogens is 178 g/mol. The molecule has 3 heteroatoms. The molecule has 0 radical (unpaired) electrons. The quantitative estimate of drug-likeness (QED) is 0.656. The van der Waals surface area contributed by atoms with Crippen molar-refractivity contribution in [2.24, 2.45) is 5.92 Å². The van der Waals surface area contributed by atoms with Crippen LogP contribution >= 0.6 is 0 Å². The summed E-state index contributed by atoms with van der Waals surface area (Å²) in [5.74, 6) is 0.818. The van der Waals surface area contributed by atoms with Gasteiger partial charge in [-0.2, -0.15) is 0 Å². The molecule has 0 spiro atoms. The van der Waals surface area contributed by atoms with Crippen molar-refractivity contribution < 1.29 is 9.84 Å². The van der Waals surface area contributed by atoms with Gasteiger partial charge >= 0.3 is 0 Å². The Hall–Kier alpha value is -0.120. The van der Waals surface area contributed by atoms with Crippen molar-refractivity contribution in [3.63, 3.8) is 0 Å². The Bertz CT molecular complexity index is 148. The normalized spacial score (nSPS) is 19.9. The van der Waals surface area contributed by atoms with Crippen LogP contribution in [0.25, 0.3) is 0 Å². The van der Waals surface area contributed by atoms with Gasteiger partial charge in [-0.1, -0.05) is 0 Å². The predicted molar refractivity (Wildman–Crippen MR) is 57.3 cm³/mol. The van der Waals surface area contributed by atoms with E-state index in [0.29, 0.717) is 6.54 Å². The Morgan fingerprint density at radius 1 is 1.36 bits per heavy atom. The van der Waals surface area contributed by atoms with Crippen LogP contribution in [0.15, 0.2) is 0 Å². The van der Waals surface area contributed by atoms with E-state index in [-0.39, 0.29) is 0 Å². The van der Waals surface area contributed by atoms with E-state index in [9.17, 15) is 5.11 Å². The van der Waals surface area contributed by atoms with E-state index < -0.39 is 5.60 Å². The first-order valence-electron chi connectivity index (χ1n) is 5.59. The van der Waals surface area contributed by atoms with E-state index in [0.717, 1.165) is 25.7 Å². The van der Waals surface area contributed by atoms with Gasteiger partial charge in [0.2, 0.25) is 0 Å². The molecule has 2 N–H and O–H groups in total. The van der Waals surface area contributed by atoms with E-state index >= 15 is 0 Å². The maximum atomic E-state index is 9.47. The van der Waals surface area contributed by atoms with Crippen molar-refractivity contribution in [2.45, 2.75) is 38.7 Å². The van der Waals surface area contributed by atoms with Gasteiger partial charge in [0.1, 0.15) is 0 Å². The monoisotopic (exact) mass is 201 g/mol. The smallest absolute Gasteiger partial charge is 0.0715 e. The van der Waals surface area contributed by atoms with Gasteiger partial charge in [-0.25, -0.2) is 0 Å². The van der Waals surface area contributed by atoms with Gasteiger partial charge in [0, 0.05) is 19.8 Å². The van der Waals surface area contributed by atoms with Crippen LogP contribution in [0.2, 0.25) is 0 Å². The minimum atomic E-state index is -0.588. The van der Waals surface area contributed by atoms with E-state index in [4.69, 9.17) is 4.74 Å². The highest BCUT2D eigenvalue weighted by Gasteiger charge is 2.14. The number of rotatable bonds is 5. The Morgan fingerprint density at radius 2 is 2.00 bits per heavy atom. The van der Waals surface area contributed by atoms with Crippen LogP contribution < -0.4 is 5.32 Å². The fraction of sp³-hybridized carbons (Fsp3) is 1.00. The largest absolute Gasteiger partial charge is 0.389 e. The Balaban J connectivity index is 1.97. The van der Waals surface area contributed by atoms with Crippen molar-refractivity contribution in [1.82, 2.24) is 5.32 Å². The number of hydrogen-bond donors (Lipinski definition) is 2. The third-order valence-corrected chi connectivity index (χ3v) is 2.63. The second kappa shape index (κ2) is 5.69. The van der Waals surface area contributed by atoms with Gasteiger partial charge in [-0.05, 0) is 45.6 Å². The molecule has 1 aliphatic rings. The number of ether oxygens (including phenoxy) is 1. The topological polar surface area (TPSA) is 41.5 Å². The van der Waals surface area contributed by atoms with Gasteiger partial charge in [0.15, 0.2) is 0 Å². The molecule has 0 aliphatic carbocycles. The molecule has 0 bridgehead atoms. The van der Waals surface area contributed by atoms with E-state index in [2.05, 4.69) is 5.32 Å². The molecule has 0 unspecified atom stereocenters. The lowest BCUT2D eigenvalue weighted by Crippen LogP contribution is -2.35. The average Bonchev–Trinajstić information content (AvgIpc) is 2.13. The molecule has 0 aromatic rings. The molecule has 14 heavy (non-hydrogen) atoms. The first kappa shape index (κ1) is 12.0. The molecule has 0 saturated carbocycles. The lowest BCUT2D eigenvalue weighted by Gasteiger charge is -2.23. The number of aliphatic hydroxyl groups is 1.